The lowest BCUT2D eigenvalue weighted by molar-refractivity contribution is 0.619. The summed E-state index contributed by atoms with van der Waals surface area (Å²) in [5.41, 5.74) is 2.27. The van der Waals surface area contributed by atoms with Crippen molar-refractivity contribution in [2.45, 2.75) is 6.92 Å². The lowest BCUT2D eigenvalue weighted by Crippen LogP contribution is -1.89. The van der Waals surface area contributed by atoms with Crippen LogP contribution in [0.1, 0.15) is 11.1 Å². The van der Waals surface area contributed by atoms with Crippen LogP contribution in [0.2, 0.25) is 0 Å². The summed E-state index contributed by atoms with van der Waals surface area (Å²) in [4.78, 5) is 0. The highest BCUT2D eigenvalue weighted by Crippen LogP contribution is 2.22. The highest BCUT2D eigenvalue weighted by Gasteiger charge is 2.02. The molecule has 64 valence electrons. The minimum absolute atomic E-state index is 0.203. The molecule has 0 heterocycles. The van der Waals surface area contributed by atoms with Crippen LogP contribution in [-0.4, -0.2) is 0 Å². The average molecular weight is 183 g/mol. The number of rotatable bonds is 2. The van der Waals surface area contributed by atoms with Crippen LogP contribution in [0.4, 0.5) is 10.1 Å². The molecule has 0 spiro atoms. The van der Waals surface area contributed by atoms with Gasteiger partial charge in [-0.3, -0.25) is 0 Å². The van der Waals surface area contributed by atoms with Gasteiger partial charge in [0.25, 0.3) is 0 Å². The van der Waals surface area contributed by atoms with Gasteiger partial charge in [0.15, 0.2) is 0 Å². The molecule has 0 aliphatic carbocycles. The van der Waals surface area contributed by atoms with Crippen molar-refractivity contribution in [1.82, 2.24) is 0 Å². The van der Waals surface area contributed by atoms with E-state index >= 15 is 0 Å². The van der Waals surface area contributed by atoms with Crippen LogP contribution in [0.5, 0.6) is 0 Å². The van der Waals surface area contributed by atoms with Gasteiger partial charge in [-0.2, -0.15) is 0 Å². The van der Waals surface area contributed by atoms with Crippen LogP contribution in [0, 0.1) is 12.7 Å². The molecule has 1 aromatic rings. The number of halogens is 1. The Morgan fingerprint density at radius 3 is 2.75 bits per heavy atom. The SMILES string of the molecule is C=Cc1cc(C)c(F)cc1NP. The molecular formula is C9H11FNP. The van der Waals surface area contributed by atoms with Crippen LogP contribution < -0.4 is 5.09 Å². The molecule has 0 radical (unpaired) electrons. The second kappa shape index (κ2) is 3.68. The fourth-order valence-electron chi connectivity index (χ4n) is 0.998. The van der Waals surface area contributed by atoms with E-state index in [1.165, 1.54) is 6.07 Å². The van der Waals surface area contributed by atoms with E-state index in [0.717, 1.165) is 11.3 Å². The molecule has 0 saturated carbocycles. The molecule has 0 aliphatic rings. The van der Waals surface area contributed by atoms with Crippen LogP contribution in [0.3, 0.4) is 0 Å². The molecule has 0 bridgehead atoms. The highest BCUT2D eigenvalue weighted by atomic mass is 31.0. The molecule has 1 N–H and O–H groups in total. The summed E-state index contributed by atoms with van der Waals surface area (Å²) < 4.78 is 13.0. The second-order valence-electron chi connectivity index (χ2n) is 2.54. The van der Waals surface area contributed by atoms with E-state index in [2.05, 4.69) is 21.1 Å². The second-order valence-corrected chi connectivity index (χ2v) is 2.83. The number of aryl methyl sites for hydroxylation is 1. The van der Waals surface area contributed by atoms with Gasteiger partial charge >= 0.3 is 0 Å². The minimum atomic E-state index is -0.203. The van der Waals surface area contributed by atoms with Gasteiger partial charge in [-0.25, -0.2) is 4.39 Å². The van der Waals surface area contributed by atoms with E-state index in [1.807, 2.05) is 0 Å². The van der Waals surface area contributed by atoms with Crippen LogP contribution >= 0.6 is 9.39 Å². The van der Waals surface area contributed by atoms with Gasteiger partial charge in [-0.15, -0.1) is 0 Å². The Kier molecular flexibility index (Phi) is 2.83. The van der Waals surface area contributed by atoms with E-state index in [0.29, 0.717) is 5.56 Å². The molecule has 0 aromatic heterocycles. The molecule has 1 nitrogen and oxygen atoms in total. The van der Waals surface area contributed by atoms with Gasteiger partial charge in [-0.05, 0) is 39.6 Å². The molecule has 1 rings (SSSR count). The zero-order valence-electron chi connectivity index (χ0n) is 6.89. The summed E-state index contributed by atoms with van der Waals surface area (Å²) >= 11 is 0. The first kappa shape index (κ1) is 9.21. The summed E-state index contributed by atoms with van der Waals surface area (Å²) in [6.07, 6.45) is 1.69. The quantitative estimate of drug-likeness (QED) is 0.695. The van der Waals surface area contributed by atoms with Crippen LogP contribution in [-0.2, 0) is 0 Å². The number of hydrogen-bond acceptors (Lipinski definition) is 1. The van der Waals surface area contributed by atoms with E-state index in [4.69, 9.17) is 0 Å². The largest absolute Gasteiger partial charge is 0.369 e. The molecular weight excluding hydrogens is 172 g/mol. The van der Waals surface area contributed by atoms with Gasteiger partial charge in [0.05, 0.1) is 0 Å². The number of benzene rings is 1. The van der Waals surface area contributed by atoms with Crippen molar-refractivity contribution in [3.8, 4) is 0 Å². The molecule has 1 atom stereocenters. The molecule has 0 saturated heterocycles. The zero-order valence-corrected chi connectivity index (χ0v) is 8.05. The average Bonchev–Trinajstić information content (AvgIpc) is 2.09. The van der Waals surface area contributed by atoms with Crippen molar-refractivity contribution in [2.24, 2.45) is 0 Å². The first-order chi connectivity index (χ1) is 5.69. The van der Waals surface area contributed by atoms with Crippen molar-refractivity contribution < 1.29 is 4.39 Å². The lowest BCUT2D eigenvalue weighted by atomic mass is 10.1. The van der Waals surface area contributed by atoms with E-state index < -0.39 is 0 Å². The first-order valence-corrected chi connectivity index (χ1v) is 4.16. The number of nitrogens with one attached hydrogen (secondary N) is 1. The summed E-state index contributed by atoms with van der Waals surface area (Å²) in [5.74, 6) is -0.203. The Hall–Kier alpha value is -0.880. The monoisotopic (exact) mass is 183 g/mol. The Labute approximate surface area is 73.9 Å². The Morgan fingerprint density at radius 2 is 2.25 bits per heavy atom. The van der Waals surface area contributed by atoms with Gasteiger partial charge in [0.1, 0.15) is 5.82 Å². The number of anilines is 1. The lowest BCUT2D eigenvalue weighted by Gasteiger charge is -2.06. The maximum absolute atomic E-state index is 13.0. The van der Waals surface area contributed by atoms with Crippen molar-refractivity contribution in [2.75, 3.05) is 5.09 Å². The maximum Gasteiger partial charge on any atom is 0.128 e. The third kappa shape index (κ3) is 1.64. The zero-order chi connectivity index (χ0) is 9.14. The predicted molar refractivity (Wildman–Crippen MR) is 54.6 cm³/mol. The summed E-state index contributed by atoms with van der Waals surface area (Å²) in [5, 5.41) is 2.82. The van der Waals surface area contributed by atoms with Crippen LogP contribution in [0.25, 0.3) is 6.08 Å². The Balaban J connectivity index is 3.28. The van der Waals surface area contributed by atoms with Gasteiger partial charge in [-0.1, -0.05) is 12.7 Å². The maximum atomic E-state index is 13.0. The fraction of sp³-hybridized carbons (Fsp3) is 0.111. The standard InChI is InChI=1S/C9H11FNP/c1-3-7-4-6(2)8(10)5-9(7)11-12/h3-5,11H,1,12H2,2H3. The highest BCUT2D eigenvalue weighted by molar-refractivity contribution is 7.18. The summed E-state index contributed by atoms with van der Waals surface area (Å²) in [6.45, 7) is 5.37. The van der Waals surface area contributed by atoms with Crippen molar-refractivity contribution in [3.63, 3.8) is 0 Å². The molecule has 0 amide bonds. The van der Waals surface area contributed by atoms with Gasteiger partial charge < -0.3 is 5.09 Å². The molecule has 1 aromatic carbocycles. The van der Waals surface area contributed by atoms with E-state index in [-0.39, 0.29) is 5.82 Å². The third-order valence-electron chi connectivity index (χ3n) is 1.71. The van der Waals surface area contributed by atoms with Crippen molar-refractivity contribution in [1.29, 1.82) is 0 Å². The van der Waals surface area contributed by atoms with Crippen molar-refractivity contribution in [3.05, 3.63) is 35.7 Å². The smallest absolute Gasteiger partial charge is 0.128 e. The molecule has 0 aliphatic heterocycles. The third-order valence-corrected chi connectivity index (χ3v) is 2.02. The fourth-order valence-corrected chi connectivity index (χ4v) is 1.25. The van der Waals surface area contributed by atoms with E-state index in [1.54, 1.807) is 19.1 Å². The molecule has 3 heteroatoms. The van der Waals surface area contributed by atoms with Crippen LogP contribution in [0.15, 0.2) is 18.7 Å². The predicted octanol–water partition coefficient (Wildman–Crippen LogP) is 2.98. The first-order valence-electron chi connectivity index (χ1n) is 3.58. The van der Waals surface area contributed by atoms with Crippen molar-refractivity contribution >= 4 is 21.2 Å². The molecule has 1 unspecified atom stereocenters. The van der Waals surface area contributed by atoms with Gasteiger partial charge in [0.2, 0.25) is 0 Å². The molecule has 0 fully saturated rings. The normalized spacial score (nSPS) is 9.58. The summed E-state index contributed by atoms with van der Waals surface area (Å²) in [6, 6.07) is 3.22. The minimum Gasteiger partial charge on any atom is -0.369 e. The Bertz CT molecular complexity index is 310. The topological polar surface area (TPSA) is 12.0 Å². The van der Waals surface area contributed by atoms with Gasteiger partial charge in [0, 0.05) is 5.69 Å². The molecule has 12 heavy (non-hydrogen) atoms. The van der Waals surface area contributed by atoms with E-state index in [9.17, 15) is 4.39 Å². The number of hydrogen-bond donors (Lipinski definition) is 1. The Morgan fingerprint density at radius 1 is 1.58 bits per heavy atom. The summed E-state index contributed by atoms with van der Waals surface area (Å²) in [7, 11) is 2.33.